The van der Waals surface area contributed by atoms with Crippen LogP contribution < -0.4 is 0 Å². The summed E-state index contributed by atoms with van der Waals surface area (Å²) in [6, 6.07) is 13.7. The summed E-state index contributed by atoms with van der Waals surface area (Å²) in [5.41, 5.74) is 1.48. The Morgan fingerprint density at radius 3 is 2.42 bits per heavy atom. The van der Waals surface area contributed by atoms with Crippen LogP contribution in [0.5, 0.6) is 0 Å². The molecule has 1 saturated carbocycles. The molecule has 0 radical (unpaired) electrons. The first-order valence-corrected chi connectivity index (χ1v) is 9.23. The molecule has 0 bridgehead atoms. The third kappa shape index (κ3) is 3.34. The molecule has 0 saturated heterocycles. The second-order valence-electron chi connectivity index (χ2n) is 6.05. The third-order valence-electron chi connectivity index (χ3n) is 4.18. The first-order chi connectivity index (χ1) is 11.4. The van der Waals surface area contributed by atoms with Crippen molar-refractivity contribution in [3.05, 3.63) is 65.2 Å². The van der Waals surface area contributed by atoms with Crippen LogP contribution in [-0.2, 0) is 16.6 Å². The maximum atomic E-state index is 13.0. The highest BCUT2D eigenvalue weighted by Crippen LogP contribution is 2.34. The molecule has 2 aromatic rings. The minimum absolute atomic E-state index is 0.00946. The van der Waals surface area contributed by atoms with Crippen LogP contribution in [0.1, 0.15) is 34.3 Å². The highest BCUT2D eigenvalue weighted by molar-refractivity contribution is 7.89. The Labute approximate surface area is 141 Å². The fourth-order valence-corrected chi connectivity index (χ4v) is 4.36. The minimum Gasteiger partial charge on any atom is -0.478 e. The summed E-state index contributed by atoms with van der Waals surface area (Å²) in [5.74, 6) is -1.12. The molecule has 0 spiro atoms. The molecule has 0 heterocycles. The van der Waals surface area contributed by atoms with Crippen molar-refractivity contribution < 1.29 is 18.3 Å². The summed E-state index contributed by atoms with van der Waals surface area (Å²) >= 11 is 0. The zero-order valence-corrected chi connectivity index (χ0v) is 14.2. The van der Waals surface area contributed by atoms with Crippen molar-refractivity contribution in [3.63, 3.8) is 0 Å². The number of hydrogen-bond acceptors (Lipinski definition) is 3. The molecule has 1 aliphatic carbocycles. The van der Waals surface area contributed by atoms with E-state index in [2.05, 4.69) is 0 Å². The van der Waals surface area contributed by atoms with Gasteiger partial charge in [-0.25, -0.2) is 13.2 Å². The number of rotatable bonds is 6. The molecule has 0 aromatic heterocycles. The Bertz CT molecular complexity index is 858. The number of hydrogen-bond donors (Lipinski definition) is 1. The molecule has 1 fully saturated rings. The van der Waals surface area contributed by atoms with Crippen LogP contribution >= 0.6 is 0 Å². The van der Waals surface area contributed by atoms with Crippen molar-refractivity contribution >= 4 is 16.0 Å². The predicted octanol–water partition coefficient (Wildman–Crippen LogP) is 3.05. The van der Waals surface area contributed by atoms with Gasteiger partial charge in [-0.2, -0.15) is 4.31 Å². The number of carboxylic acids is 1. The van der Waals surface area contributed by atoms with Crippen molar-refractivity contribution in [2.75, 3.05) is 0 Å². The zero-order chi connectivity index (χ0) is 17.3. The molecule has 2 aromatic carbocycles. The van der Waals surface area contributed by atoms with E-state index in [0.717, 1.165) is 18.4 Å². The lowest BCUT2D eigenvalue weighted by Gasteiger charge is -2.22. The Morgan fingerprint density at radius 2 is 1.83 bits per heavy atom. The molecule has 3 rings (SSSR count). The van der Waals surface area contributed by atoms with Crippen LogP contribution in [0.4, 0.5) is 0 Å². The summed E-state index contributed by atoms with van der Waals surface area (Å²) in [6.07, 6.45) is 1.67. The van der Waals surface area contributed by atoms with Gasteiger partial charge in [0.15, 0.2) is 0 Å². The first-order valence-electron chi connectivity index (χ1n) is 7.79. The van der Waals surface area contributed by atoms with E-state index in [9.17, 15) is 18.3 Å². The summed E-state index contributed by atoms with van der Waals surface area (Å²) in [7, 11) is -3.74. The number of aromatic carboxylic acids is 1. The first kappa shape index (κ1) is 16.7. The van der Waals surface area contributed by atoms with Crippen molar-refractivity contribution in [2.45, 2.75) is 37.2 Å². The van der Waals surface area contributed by atoms with Gasteiger partial charge in [0.25, 0.3) is 0 Å². The minimum atomic E-state index is -3.74. The Balaban J connectivity index is 1.98. The van der Waals surface area contributed by atoms with Gasteiger partial charge in [-0.05, 0) is 43.0 Å². The molecule has 0 aliphatic heterocycles. The molecule has 1 N–H and O–H groups in total. The van der Waals surface area contributed by atoms with Gasteiger partial charge in [0.05, 0.1) is 10.5 Å². The highest BCUT2D eigenvalue weighted by atomic mass is 32.2. The second-order valence-corrected chi connectivity index (χ2v) is 7.94. The maximum Gasteiger partial charge on any atom is 0.335 e. The second kappa shape index (κ2) is 6.37. The van der Waals surface area contributed by atoms with Crippen LogP contribution in [0.25, 0.3) is 0 Å². The molecule has 24 heavy (non-hydrogen) atoms. The monoisotopic (exact) mass is 345 g/mol. The van der Waals surface area contributed by atoms with Gasteiger partial charge in [0, 0.05) is 12.6 Å². The summed E-state index contributed by atoms with van der Waals surface area (Å²) < 4.78 is 27.6. The quantitative estimate of drug-likeness (QED) is 0.873. The fourth-order valence-electron chi connectivity index (χ4n) is 2.66. The molecular formula is C18H19NO4S. The van der Waals surface area contributed by atoms with Gasteiger partial charge < -0.3 is 5.11 Å². The largest absolute Gasteiger partial charge is 0.478 e. The average Bonchev–Trinajstić information content (AvgIpc) is 3.38. The number of benzene rings is 2. The molecule has 126 valence electrons. The Morgan fingerprint density at radius 1 is 1.17 bits per heavy atom. The molecule has 5 nitrogen and oxygen atoms in total. The van der Waals surface area contributed by atoms with E-state index < -0.39 is 16.0 Å². The Kier molecular flexibility index (Phi) is 4.43. The number of nitrogens with zero attached hydrogens (tertiary/aromatic N) is 1. The van der Waals surface area contributed by atoms with Crippen molar-refractivity contribution in [1.29, 1.82) is 0 Å². The van der Waals surface area contributed by atoms with Gasteiger partial charge in [-0.3, -0.25) is 0 Å². The van der Waals surface area contributed by atoms with E-state index in [0.29, 0.717) is 12.1 Å². The maximum absolute atomic E-state index is 13.0. The lowest BCUT2D eigenvalue weighted by atomic mass is 10.1. The average molecular weight is 345 g/mol. The molecule has 6 heteroatoms. The van der Waals surface area contributed by atoms with Crippen LogP contribution in [0.2, 0.25) is 0 Å². The van der Waals surface area contributed by atoms with E-state index in [1.165, 1.54) is 16.4 Å². The van der Waals surface area contributed by atoms with Crippen LogP contribution in [0.15, 0.2) is 53.4 Å². The van der Waals surface area contributed by atoms with E-state index in [4.69, 9.17) is 0 Å². The Hall–Kier alpha value is -2.18. The van der Waals surface area contributed by atoms with Gasteiger partial charge in [0.1, 0.15) is 0 Å². The lowest BCUT2D eigenvalue weighted by Crippen LogP contribution is -2.32. The lowest BCUT2D eigenvalue weighted by molar-refractivity contribution is 0.0696. The third-order valence-corrected chi connectivity index (χ3v) is 6.08. The van der Waals surface area contributed by atoms with Gasteiger partial charge in [0.2, 0.25) is 10.0 Å². The van der Waals surface area contributed by atoms with E-state index in [-0.39, 0.29) is 16.5 Å². The van der Waals surface area contributed by atoms with Crippen LogP contribution in [0.3, 0.4) is 0 Å². The molecule has 0 unspecified atom stereocenters. The molecule has 0 atom stereocenters. The van der Waals surface area contributed by atoms with Crippen molar-refractivity contribution in [2.24, 2.45) is 0 Å². The van der Waals surface area contributed by atoms with Gasteiger partial charge in [-0.15, -0.1) is 0 Å². The normalized spacial score (nSPS) is 14.8. The number of carbonyl (C=O) groups is 1. The predicted molar refractivity (Wildman–Crippen MR) is 90.3 cm³/mol. The number of sulfonamides is 1. The summed E-state index contributed by atoms with van der Waals surface area (Å²) in [4.78, 5) is 11.3. The highest BCUT2D eigenvalue weighted by Gasteiger charge is 2.38. The van der Waals surface area contributed by atoms with E-state index in [1.807, 2.05) is 30.3 Å². The van der Waals surface area contributed by atoms with Crippen LogP contribution in [-0.4, -0.2) is 29.8 Å². The standard InChI is InChI=1S/C18H19NO4S/c1-13-7-10-16(11-17(13)18(20)21)24(22,23)19(15-8-9-15)12-14-5-3-2-4-6-14/h2-7,10-11,15H,8-9,12H2,1H3,(H,20,21). The summed E-state index contributed by atoms with van der Waals surface area (Å²) in [5, 5.41) is 9.24. The fraction of sp³-hybridized carbons (Fsp3) is 0.278. The summed E-state index contributed by atoms with van der Waals surface area (Å²) in [6.45, 7) is 1.95. The van der Waals surface area contributed by atoms with Crippen LogP contribution in [0, 0.1) is 6.92 Å². The zero-order valence-electron chi connectivity index (χ0n) is 13.3. The number of aryl methyl sites for hydroxylation is 1. The topological polar surface area (TPSA) is 74.7 Å². The van der Waals surface area contributed by atoms with Crippen molar-refractivity contribution in [3.8, 4) is 0 Å². The van der Waals surface area contributed by atoms with Crippen molar-refractivity contribution in [1.82, 2.24) is 4.31 Å². The van der Waals surface area contributed by atoms with E-state index in [1.54, 1.807) is 13.0 Å². The SMILES string of the molecule is Cc1ccc(S(=O)(=O)N(Cc2ccccc2)C2CC2)cc1C(=O)O. The number of carboxylic acid groups (broad SMARTS) is 1. The molecule has 1 aliphatic rings. The van der Waals surface area contributed by atoms with E-state index >= 15 is 0 Å². The molecule has 0 amide bonds. The smallest absolute Gasteiger partial charge is 0.335 e. The molecular weight excluding hydrogens is 326 g/mol. The van der Waals surface area contributed by atoms with Gasteiger partial charge in [-0.1, -0.05) is 36.4 Å². The van der Waals surface area contributed by atoms with Gasteiger partial charge >= 0.3 is 5.97 Å².